The third-order valence-electron chi connectivity index (χ3n) is 5.28. The van der Waals surface area contributed by atoms with Gasteiger partial charge in [-0.2, -0.15) is 0 Å². The van der Waals surface area contributed by atoms with Crippen molar-refractivity contribution >= 4 is 29.1 Å². The van der Waals surface area contributed by atoms with Gasteiger partial charge in [0.1, 0.15) is 5.75 Å². The molecule has 2 aromatic rings. The molecule has 1 amide bonds. The first-order chi connectivity index (χ1) is 12.3. The summed E-state index contributed by atoms with van der Waals surface area (Å²) in [5.74, 6) is 0.870. The second-order valence-corrected chi connectivity index (χ2v) is 6.83. The summed E-state index contributed by atoms with van der Waals surface area (Å²) in [6.45, 7) is 6.05. The number of amides is 1. The molecule has 0 spiro atoms. The predicted octanol–water partition coefficient (Wildman–Crippen LogP) is 2.15. The number of nitrogens with zero attached hydrogens (tertiary/aromatic N) is 2. The Balaban J connectivity index is 0.00000196. The van der Waals surface area contributed by atoms with Gasteiger partial charge in [0.25, 0.3) is 5.91 Å². The van der Waals surface area contributed by atoms with Gasteiger partial charge in [-0.3, -0.25) is 9.69 Å². The average molecular weight is 376 g/mol. The van der Waals surface area contributed by atoms with Crippen LogP contribution in [0.1, 0.15) is 6.42 Å². The lowest BCUT2D eigenvalue weighted by Gasteiger charge is -2.32. The Kier molecular flexibility index (Phi) is 6.35. The molecule has 6 heteroatoms. The van der Waals surface area contributed by atoms with Crippen molar-refractivity contribution in [1.82, 2.24) is 15.1 Å². The monoisotopic (exact) mass is 375 g/mol. The SMILES string of the molecule is Cl.O=C(COc1cccc2ccccc12)N1CCC(N2CCNCC2)C1. The fourth-order valence-corrected chi connectivity index (χ4v) is 3.87. The first-order valence-electron chi connectivity index (χ1n) is 9.14. The van der Waals surface area contributed by atoms with E-state index in [1.807, 2.05) is 35.2 Å². The zero-order chi connectivity index (χ0) is 17.1. The second-order valence-electron chi connectivity index (χ2n) is 6.83. The Labute approximate surface area is 160 Å². The smallest absolute Gasteiger partial charge is 0.260 e. The molecule has 0 radical (unpaired) electrons. The van der Waals surface area contributed by atoms with Gasteiger partial charge in [-0.05, 0) is 17.9 Å². The summed E-state index contributed by atoms with van der Waals surface area (Å²) < 4.78 is 5.86. The number of halogens is 1. The Morgan fingerprint density at radius 3 is 2.69 bits per heavy atom. The molecule has 2 heterocycles. The van der Waals surface area contributed by atoms with Gasteiger partial charge in [-0.15, -0.1) is 12.4 Å². The van der Waals surface area contributed by atoms with Crippen molar-refractivity contribution in [2.75, 3.05) is 45.9 Å². The minimum Gasteiger partial charge on any atom is -0.483 e. The maximum atomic E-state index is 12.6. The summed E-state index contributed by atoms with van der Waals surface area (Å²) in [5.41, 5.74) is 0. The van der Waals surface area contributed by atoms with Crippen molar-refractivity contribution in [2.24, 2.45) is 0 Å². The van der Waals surface area contributed by atoms with Crippen molar-refractivity contribution in [1.29, 1.82) is 0 Å². The molecule has 2 aromatic carbocycles. The highest BCUT2D eigenvalue weighted by atomic mass is 35.5. The highest BCUT2D eigenvalue weighted by Gasteiger charge is 2.30. The number of ether oxygens (including phenoxy) is 1. The van der Waals surface area contributed by atoms with E-state index in [1.54, 1.807) is 0 Å². The molecule has 2 fully saturated rings. The Hall–Kier alpha value is -1.82. The number of carbonyl (C=O) groups excluding carboxylic acids is 1. The highest BCUT2D eigenvalue weighted by Crippen LogP contribution is 2.25. The number of rotatable bonds is 4. The molecule has 0 saturated carbocycles. The van der Waals surface area contributed by atoms with Gasteiger partial charge in [0, 0.05) is 50.7 Å². The standard InChI is InChI=1S/C20H25N3O2.ClH/c24-20(23-11-8-17(14-23)22-12-9-21-10-13-22)15-25-19-7-3-5-16-4-1-2-6-18(16)19;/h1-7,17,21H,8-15H2;1H. The summed E-state index contributed by atoms with van der Waals surface area (Å²) in [4.78, 5) is 17.0. The van der Waals surface area contributed by atoms with Crippen LogP contribution in [0.4, 0.5) is 0 Å². The third-order valence-corrected chi connectivity index (χ3v) is 5.28. The zero-order valence-electron chi connectivity index (χ0n) is 14.9. The second kappa shape index (κ2) is 8.71. The molecule has 2 aliphatic heterocycles. The number of carbonyl (C=O) groups is 1. The van der Waals surface area contributed by atoms with E-state index in [9.17, 15) is 4.79 Å². The first-order valence-corrected chi connectivity index (χ1v) is 9.14. The molecule has 5 nitrogen and oxygen atoms in total. The van der Waals surface area contributed by atoms with Crippen LogP contribution in [0.15, 0.2) is 42.5 Å². The lowest BCUT2D eigenvalue weighted by Crippen LogP contribution is -2.49. The van der Waals surface area contributed by atoms with E-state index in [1.165, 1.54) is 0 Å². The number of nitrogens with one attached hydrogen (secondary N) is 1. The first kappa shape index (κ1) is 19.0. The van der Waals surface area contributed by atoms with Crippen LogP contribution in [0.25, 0.3) is 10.8 Å². The molecule has 0 bridgehead atoms. The fourth-order valence-electron chi connectivity index (χ4n) is 3.87. The summed E-state index contributed by atoms with van der Waals surface area (Å²) >= 11 is 0. The van der Waals surface area contributed by atoms with Gasteiger partial charge in [0.2, 0.25) is 0 Å². The van der Waals surface area contributed by atoms with Crippen molar-refractivity contribution < 1.29 is 9.53 Å². The molecule has 1 atom stereocenters. The number of piperazine rings is 1. The van der Waals surface area contributed by atoms with Gasteiger partial charge >= 0.3 is 0 Å². The van der Waals surface area contributed by atoms with Crippen molar-refractivity contribution in [3.63, 3.8) is 0 Å². The minimum absolute atomic E-state index is 0. The van der Waals surface area contributed by atoms with Crippen LogP contribution >= 0.6 is 12.4 Å². The predicted molar refractivity (Wildman–Crippen MR) is 106 cm³/mol. The van der Waals surface area contributed by atoms with Gasteiger partial charge in [0.05, 0.1) is 0 Å². The van der Waals surface area contributed by atoms with Crippen LogP contribution < -0.4 is 10.1 Å². The number of benzene rings is 2. The van der Waals surface area contributed by atoms with Crippen LogP contribution in [-0.2, 0) is 4.79 Å². The molecular formula is C20H26ClN3O2. The van der Waals surface area contributed by atoms with Gasteiger partial charge in [-0.25, -0.2) is 0 Å². The van der Waals surface area contributed by atoms with Gasteiger partial charge in [0.15, 0.2) is 6.61 Å². The van der Waals surface area contributed by atoms with E-state index >= 15 is 0 Å². The average Bonchev–Trinajstić information content (AvgIpc) is 3.17. The molecular weight excluding hydrogens is 350 g/mol. The molecule has 4 rings (SSSR count). The maximum Gasteiger partial charge on any atom is 0.260 e. The molecule has 0 aromatic heterocycles. The van der Waals surface area contributed by atoms with Gasteiger partial charge < -0.3 is 15.0 Å². The number of hydrogen-bond donors (Lipinski definition) is 1. The van der Waals surface area contributed by atoms with E-state index < -0.39 is 0 Å². The maximum absolute atomic E-state index is 12.6. The lowest BCUT2D eigenvalue weighted by atomic mass is 10.1. The Bertz CT molecular complexity index is 743. The van der Waals surface area contributed by atoms with Crippen LogP contribution in [0.2, 0.25) is 0 Å². The summed E-state index contributed by atoms with van der Waals surface area (Å²) in [6.07, 6.45) is 1.07. The van der Waals surface area contributed by atoms with Gasteiger partial charge in [-0.1, -0.05) is 36.4 Å². The van der Waals surface area contributed by atoms with E-state index in [2.05, 4.69) is 22.3 Å². The largest absolute Gasteiger partial charge is 0.483 e. The molecule has 2 saturated heterocycles. The quantitative estimate of drug-likeness (QED) is 0.889. The fraction of sp³-hybridized carbons (Fsp3) is 0.450. The van der Waals surface area contributed by atoms with E-state index in [0.717, 1.165) is 62.2 Å². The van der Waals surface area contributed by atoms with Crippen LogP contribution in [-0.4, -0.2) is 67.6 Å². The van der Waals surface area contributed by atoms with E-state index in [-0.39, 0.29) is 24.9 Å². The van der Waals surface area contributed by atoms with Crippen LogP contribution in [0.5, 0.6) is 5.75 Å². The van der Waals surface area contributed by atoms with Crippen molar-refractivity contribution in [2.45, 2.75) is 12.5 Å². The van der Waals surface area contributed by atoms with Crippen molar-refractivity contribution in [3.8, 4) is 5.75 Å². The number of hydrogen-bond acceptors (Lipinski definition) is 4. The topological polar surface area (TPSA) is 44.8 Å². The minimum atomic E-state index is 0. The normalized spacial score (nSPS) is 20.8. The lowest BCUT2D eigenvalue weighted by molar-refractivity contribution is -0.132. The molecule has 1 unspecified atom stereocenters. The van der Waals surface area contributed by atoms with E-state index in [4.69, 9.17) is 4.74 Å². The molecule has 1 N–H and O–H groups in total. The number of likely N-dealkylation sites (tertiary alicyclic amines) is 1. The van der Waals surface area contributed by atoms with Crippen molar-refractivity contribution in [3.05, 3.63) is 42.5 Å². The third kappa shape index (κ3) is 4.11. The Morgan fingerprint density at radius 2 is 1.85 bits per heavy atom. The summed E-state index contributed by atoms with van der Waals surface area (Å²) in [5, 5.41) is 5.57. The molecule has 2 aliphatic rings. The molecule has 140 valence electrons. The Morgan fingerprint density at radius 1 is 1.08 bits per heavy atom. The van der Waals surface area contributed by atoms with Crippen LogP contribution in [0.3, 0.4) is 0 Å². The molecule has 0 aliphatic carbocycles. The zero-order valence-corrected chi connectivity index (χ0v) is 15.7. The molecule has 26 heavy (non-hydrogen) atoms. The highest BCUT2D eigenvalue weighted by molar-refractivity contribution is 5.88. The number of fused-ring (bicyclic) bond motifs is 1. The summed E-state index contributed by atoms with van der Waals surface area (Å²) in [7, 11) is 0. The summed E-state index contributed by atoms with van der Waals surface area (Å²) in [6, 6.07) is 14.6. The van der Waals surface area contributed by atoms with Crippen LogP contribution in [0, 0.1) is 0 Å². The van der Waals surface area contributed by atoms with E-state index in [0.29, 0.717) is 6.04 Å².